The Balaban J connectivity index is 1.68. The summed E-state index contributed by atoms with van der Waals surface area (Å²) in [5.41, 5.74) is 0.797. The lowest BCUT2D eigenvalue weighted by Crippen LogP contribution is -2.37. The Hall–Kier alpha value is -0.710. The zero-order valence-corrected chi connectivity index (χ0v) is 14.2. The summed E-state index contributed by atoms with van der Waals surface area (Å²) in [5.74, 6) is 0.673. The third-order valence-electron chi connectivity index (χ3n) is 4.36. The second-order valence-corrected chi connectivity index (χ2v) is 6.87. The van der Waals surface area contributed by atoms with Crippen molar-refractivity contribution < 1.29 is 9.90 Å². The molecule has 0 aromatic heterocycles. The van der Waals surface area contributed by atoms with Crippen LogP contribution in [0.1, 0.15) is 43.0 Å². The Kier molecular flexibility index (Phi) is 6.40. The number of carbonyl (C=O) groups is 1. The Morgan fingerprint density at radius 3 is 2.52 bits per heavy atom. The van der Waals surface area contributed by atoms with E-state index in [1.807, 2.05) is 31.2 Å². The normalized spacial score (nSPS) is 18.6. The van der Waals surface area contributed by atoms with Gasteiger partial charge in [0.25, 0.3) is 0 Å². The maximum atomic E-state index is 12.1. The van der Waals surface area contributed by atoms with Gasteiger partial charge in [0.1, 0.15) is 0 Å². The number of nitrogens with zero attached hydrogens (tertiary/aromatic N) is 1. The predicted octanol–water partition coefficient (Wildman–Crippen LogP) is 3.50. The van der Waals surface area contributed by atoms with E-state index >= 15 is 0 Å². The minimum absolute atomic E-state index is 0.189. The number of carbonyl (C=O) groups excluding carboxylic acids is 1. The third-order valence-corrected chi connectivity index (χ3v) is 4.89. The molecule has 1 saturated heterocycles. The molecular weight excluding hydrogens is 330 g/mol. The number of piperidine rings is 1. The highest BCUT2D eigenvalue weighted by atomic mass is 79.9. The summed E-state index contributed by atoms with van der Waals surface area (Å²) in [6, 6.07) is 7.57. The van der Waals surface area contributed by atoms with Gasteiger partial charge in [0.15, 0.2) is 5.78 Å². The van der Waals surface area contributed by atoms with Crippen molar-refractivity contribution in [2.45, 2.75) is 38.7 Å². The first-order valence-electron chi connectivity index (χ1n) is 7.75. The fourth-order valence-corrected chi connectivity index (χ4v) is 3.17. The maximum absolute atomic E-state index is 12.1. The van der Waals surface area contributed by atoms with E-state index in [1.54, 1.807) is 0 Å². The van der Waals surface area contributed by atoms with Gasteiger partial charge < -0.3 is 10.0 Å². The monoisotopic (exact) mass is 353 g/mol. The van der Waals surface area contributed by atoms with Gasteiger partial charge in [0.05, 0.1) is 6.10 Å². The summed E-state index contributed by atoms with van der Waals surface area (Å²) in [6.45, 7) is 4.95. The lowest BCUT2D eigenvalue weighted by Gasteiger charge is -2.33. The van der Waals surface area contributed by atoms with Gasteiger partial charge in [0.2, 0.25) is 0 Å². The lowest BCUT2D eigenvalue weighted by molar-refractivity contribution is 0.0709. The number of ketones is 1. The molecule has 0 bridgehead atoms. The van der Waals surface area contributed by atoms with Crippen molar-refractivity contribution in [3.05, 3.63) is 34.3 Å². The van der Waals surface area contributed by atoms with Crippen LogP contribution in [-0.2, 0) is 0 Å². The van der Waals surface area contributed by atoms with Gasteiger partial charge in [-0.2, -0.15) is 0 Å². The van der Waals surface area contributed by atoms with Gasteiger partial charge in [-0.3, -0.25) is 4.79 Å². The van der Waals surface area contributed by atoms with E-state index in [2.05, 4.69) is 20.8 Å². The van der Waals surface area contributed by atoms with Crippen LogP contribution < -0.4 is 0 Å². The van der Waals surface area contributed by atoms with Crippen molar-refractivity contribution in [3.63, 3.8) is 0 Å². The molecule has 1 aromatic rings. The molecule has 4 heteroatoms. The SMILES string of the molecule is CC(O)C1CCN(CCCC(=O)c2ccc(Br)cc2)CC1. The molecule has 0 radical (unpaired) electrons. The number of halogens is 1. The Labute approximate surface area is 135 Å². The first kappa shape index (κ1) is 16.7. The largest absolute Gasteiger partial charge is 0.393 e. The molecule has 21 heavy (non-hydrogen) atoms. The number of Topliss-reactive ketones (excluding diaryl/α,β-unsaturated/α-hetero) is 1. The highest BCUT2D eigenvalue weighted by molar-refractivity contribution is 9.10. The van der Waals surface area contributed by atoms with E-state index in [-0.39, 0.29) is 11.9 Å². The summed E-state index contributed by atoms with van der Waals surface area (Å²) < 4.78 is 1.00. The number of benzene rings is 1. The zero-order chi connectivity index (χ0) is 15.2. The van der Waals surface area contributed by atoms with Crippen LogP contribution in [0.15, 0.2) is 28.7 Å². The smallest absolute Gasteiger partial charge is 0.162 e. The molecule has 1 N–H and O–H groups in total. The number of aliphatic hydroxyl groups excluding tert-OH is 1. The van der Waals surface area contributed by atoms with Crippen molar-refractivity contribution in [1.82, 2.24) is 4.90 Å². The molecule has 1 aliphatic rings. The summed E-state index contributed by atoms with van der Waals surface area (Å²) in [5, 5.41) is 9.59. The average Bonchev–Trinajstić information content (AvgIpc) is 2.48. The van der Waals surface area contributed by atoms with E-state index in [0.717, 1.165) is 48.9 Å². The molecule has 0 spiro atoms. The molecule has 0 amide bonds. The number of rotatable bonds is 6. The molecule has 1 heterocycles. The number of aliphatic hydroxyl groups is 1. The van der Waals surface area contributed by atoms with Gasteiger partial charge in [-0.25, -0.2) is 0 Å². The maximum Gasteiger partial charge on any atom is 0.162 e. The summed E-state index contributed by atoms with van der Waals surface area (Å²) >= 11 is 3.38. The zero-order valence-electron chi connectivity index (χ0n) is 12.6. The van der Waals surface area contributed by atoms with Crippen LogP contribution in [0.3, 0.4) is 0 Å². The van der Waals surface area contributed by atoms with Gasteiger partial charge in [-0.05, 0) is 63.9 Å². The Bertz CT molecular complexity index is 450. The number of likely N-dealkylation sites (tertiary alicyclic amines) is 1. The standard InChI is InChI=1S/C17H24BrNO2/c1-13(20)14-8-11-19(12-9-14)10-2-3-17(21)15-4-6-16(18)7-5-15/h4-7,13-14,20H,2-3,8-12H2,1H3. The van der Waals surface area contributed by atoms with E-state index in [1.165, 1.54) is 0 Å². The minimum Gasteiger partial charge on any atom is -0.393 e. The van der Waals surface area contributed by atoms with Crippen LogP contribution in [0.4, 0.5) is 0 Å². The molecule has 0 saturated carbocycles. The third kappa shape index (κ3) is 5.20. The molecular formula is C17H24BrNO2. The fraction of sp³-hybridized carbons (Fsp3) is 0.588. The molecule has 1 atom stereocenters. The summed E-state index contributed by atoms with van der Waals surface area (Å²) in [7, 11) is 0. The second-order valence-electron chi connectivity index (χ2n) is 5.95. The van der Waals surface area contributed by atoms with Crippen LogP contribution in [0.2, 0.25) is 0 Å². The highest BCUT2D eigenvalue weighted by Gasteiger charge is 2.22. The van der Waals surface area contributed by atoms with Crippen LogP contribution in [0, 0.1) is 5.92 Å². The van der Waals surface area contributed by atoms with Crippen LogP contribution in [0.25, 0.3) is 0 Å². The van der Waals surface area contributed by atoms with Crippen LogP contribution in [0.5, 0.6) is 0 Å². The lowest BCUT2D eigenvalue weighted by atomic mass is 9.92. The quantitative estimate of drug-likeness (QED) is 0.795. The molecule has 1 aliphatic heterocycles. The molecule has 1 aromatic carbocycles. The average molecular weight is 354 g/mol. The van der Waals surface area contributed by atoms with Crippen molar-refractivity contribution in [2.75, 3.05) is 19.6 Å². The van der Waals surface area contributed by atoms with Crippen molar-refractivity contribution >= 4 is 21.7 Å². The molecule has 3 nitrogen and oxygen atoms in total. The van der Waals surface area contributed by atoms with Crippen molar-refractivity contribution in [2.24, 2.45) is 5.92 Å². The predicted molar refractivity (Wildman–Crippen MR) is 88.6 cm³/mol. The molecule has 116 valence electrons. The van der Waals surface area contributed by atoms with Gasteiger partial charge in [-0.15, -0.1) is 0 Å². The fourth-order valence-electron chi connectivity index (χ4n) is 2.90. The molecule has 1 fully saturated rings. The molecule has 1 unspecified atom stereocenters. The topological polar surface area (TPSA) is 40.5 Å². The van der Waals surface area contributed by atoms with Gasteiger partial charge in [-0.1, -0.05) is 28.1 Å². The van der Waals surface area contributed by atoms with E-state index in [4.69, 9.17) is 0 Å². The Morgan fingerprint density at radius 1 is 1.33 bits per heavy atom. The molecule has 0 aliphatic carbocycles. The van der Waals surface area contributed by atoms with E-state index in [0.29, 0.717) is 12.3 Å². The van der Waals surface area contributed by atoms with Crippen molar-refractivity contribution in [1.29, 1.82) is 0 Å². The van der Waals surface area contributed by atoms with Crippen LogP contribution in [-0.4, -0.2) is 41.5 Å². The number of hydrogen-bond acceptors (Lipinski definition) is 3. The number of hydrogen-bond donors (Lipinski definition) is 1. The van der Waals surface area contributed by atoms with E-state index in [9.17, 15) is 9.90 Å². The van der Waals surface area contributed by atoms with Crippen molar-refractivity contribution in [3.8, 4) is 0 Å². The summed E-state index contributed by atoms with van der Waals surface area (Å²) in [4.78, 5) is 14.5. The summed E-state index contributed by atoms with van der Waals surface area (Å²) in [6.07, 6.45) is 3.47. The first-order chi connectivity index (χ1) is 10.1. The first-order valence-corrected chi connectivity index (χ1v) is 8.55. The molecule has 2 rings (SSSR count). The highest BCUT2D eigenvalue weighted by Crippen LogP contribution is 2.21. The minimum atomic E-state index is -0.189. The van der Waals surface area contributed by atoms with Gasteiger partial charge in [0, 0.05) is 16.5 Å². The van der Waals surface area contributed by atoms with E-state index < -0.39 is 0 Å². The second kappa shape index (κ2) is 8.06. The van der Waals surface area contributed by atoms with Crippen LogP contribution >= 0.6 is 15.9 Å². The Morgan fingerprint density at radius 2 is 1.95 bits per heavy atom. The van der Waals surface area contributed by atoms with Gasteiger partial charge >= 0.3 is 0 Å².